The molecule has 4 heteroatoms. The van der Waals surface area contributed by atoms with Crippen LogP contribution < -0.4 is 5.73 Å². The molecule has 0 radical (unpaired) electrons. The molecule has 1 fully saturated rings. The lowest BCUT2D eigenvalue weighted by molar-refractivity contribution is 0.447. The number of rotatable bonds is 2. The Balaban J connectivity index is 2.05. The average Bonchev–Trinajstić information content (AvgIpc) is 2.97. The van der Waals surface area contributed by atoms with E-state index in [9.17, 15) is 4.39 Å². The van der Waals surface area contributed by atoms with Crippen molar-refractivity contribution in [2.24, 2.45) is 11.7 Å². The molecule has 0 bridgehead atoms. The molecule has 0 spiro atoms. The van der Waals surface area contributed by atoms with Gasteiger partial charge in [-0.05, 0) is 30.9 Å². The van der Waals surface area contributed by atoms with Gasteiger partial charge in [-0.15, -0.1) is 0 Å². The summed E-state index contributed by atoms with van der Waals surface area (Å²) in [6, 6.07) is 4.18. The van der Waals surface area contributed by atoms with E-state index in [2.05, 4.69) is 4.98 Å². The van der Waals surface area contributed by atoms with Crippen LogP contribution in [-0.4, -0.2) is 4.98 Å². The smallest absolute Gasteiger partial charge is 0.212 e. The molecule has 1 aromatic carbocycles. The maximum absolute atomic E-state index is 12.9. The molecule has 1 aliphatic rings. The molecular weight excluding hydrogens is 195 g/mol. The minimum absolute atomic E-state index is 0.138. The molecule has 1 aromatic heterocycles. The third kappa shape index (κ3) is 1.51. The average molecular weight is 206 g/mol. The molecular formula is C11H11FN2O. The molecule has 1 saturated carbocycles. The van der Waals surface area contributed by atoms with Gasteiger partial charge in [-0.3, -0.25) is 0 Å². The summed E-state index contributed by atoms with van der Waals surface area (Å²) < 4.78 is 18.3. The standard InChI is InChI=1S/C11H11FN2O/c12-7-3-4-8-9(5-7)15-11(14-8)10(13)6-1-2-6/h3-6,10H,1-2,13H2. The van der Waals surface area contributed by atoms with E-state index < -0.39 is 0 Å². The van der Waals surface area contributed by atoms with Gasteiger partial charge in [0.2, 0.25) is 5.89 Å². The number of hydrogen-bond acceptors (Lipinski definition) is 3. The highest BCUT2D eigenvalue weighted by molar-refractivity contribution is 5.72. The third-order valence-corrected chi connectivity index (χ3v) is 2.78. The zero-order valence-electron chi connectivity index (χ0n) is 8.11. The van der Waals surface area contributed by atoms with Crippen molar-refractivity contribution < 1.29 is 8.81 Å². The van der Waals surface area contributed by atoms with Crippen molar-refractivity contribution in [2.45, 2.75) is 18.9 Å². The normalized spacial score (nSPS) is 18.3. The fourth-order valence-electron chi connectivity index (χ4n) is 1.72. The zero-order valence-corrected chi connectivity index (χ0v) is 8.11. The Morgan fingerprint density at radius 3 is 3.00 bits per heavy atom. The summed E-state index contributed by atoms with van der Waals surface area (Å²) in [5.41, 5.74) is 7.09. The highest BCUT2D eigenvalue weighted by atomic mass is 19.1. The van der Waals surface area contributed by atoms with Crippen molar-refractivity contribution in [2.75, 3.05) is 0 Å². The first kappa shape index (κ1) is 8.85. The van der Waals surface area contributed by atoms with Gasteiger partial charge in [0, 0.05) is 6.07 Å². The molecule has 78 valence electrons. The topological polar surface area (TPSA) is 52.0 Å². The molecule has 2 aromatic rings. The lowest BCUT2D eigenvalue weighted by Crippen LogP contribution is -2.12. The Hall–Kier alpha value is -1.42. The molecule has 0 amide bonds. The van der Waals surface area contributed by atoms with Gasteiger partial charge in [-0.25, -0.2) is 9.37 Å². The summed E-state index contributed by atoms with van der Waals surface area (Å²) in [6.45, 7) is 0. The number of nitrogens with zero attached hydrogens (tertiary/aromatic N) is 1. The van der Waals surface area contributed by atoms with Crippen molar-refractivity contribution in [3.8, 4) is 0 Å². The maximum Gasteiger partial charge on any atom is 0.212 e. The van der Waals surface area contributed by atoms with E-state index >= 15 is 0 Å². The summed E-state index contributed by atoms with van der Waals surface area (Å²) in [7, 11) is 0. The predicted octanol–water partition coefficient (Wildman–Crippen LogP) is 2.38. The largest absolute Gasteiger partial charge is 0.439 e. The second-order valence-corrected chi connectivity index (χ2v) is 4.03. The minimum atomic E-state index is -0.315. The van der Waals surface area contributed by atoms with Crippen molar-refractivity contribution in [1.82, 2.24) is 4.98 Å². The van der Waals surface area contributed by atoms with Crippen LogP contribution in [0.3, 0.4) is 0 Å². The fourth-order valence-corrected chi connectivity index (χ4v) is 1.72. The molecule has 2 N–H and O–H groups in total. The second kappa shape index (κ2) is 3.03. The minimum Gasteiger partial charge on any atom is -0.439 e. The number of halogens is 1. The molecule has 1 unspecified atom stereocenters. The van der Waals surface area contributed by atoms with Crippen LogP contribution in [0.2, 0.25) is 0 Å². The molecule has 3 rings (SSSR count). The molecule has 1 aliphatic carbocycles. The Kier molecular flexibility index (Phi) is 1.79. The molecule has 3 nitrogen and oxygen atoms in total. The quantitative estimate of drug-likeness (QED) is 0.820. The number of aromatic nitrogens is 1. The number of nitrogens with two attached hydrogens (primary N) is 1. The Morgan fingerprint density at radius 1 is 1.47 bits per heavy atom. The van der Waals surface area contributed by atoms with E-state index in [1.807, 2.05) is 0 Å². The van der Waals surface area contributed by atoms with Gasteiger partial charge in [0.05, 0.1) is 6.04 Å². The highest BCUT2D eigenvalue weighted by Gasteiger charge is 2.32. The summed E-state index contributed by atoms with van der Waals surface area (Å²) in [6.07, 6.45) is 2.27. The van der Waals surface area contributed by atoms with Crippen molar-refractivity contribution in [3.05, 3.63) is 29.9 Å². The molecule has 1 atom stereocenters. The summed E-state index contributed by atoms with van der Waals surface area (Å²) >= 11 is 0. The second-order valence-electron chi connectivity index (χ2n) is 4.03. The van der Waals surface area contributed by atoms with Gasteiger partial charge < -0.3 is 10.2 Å². The lowest BCUT2D eigenvalue weighted by atomic mass is 10.2. The number of oxazole rings is 1. The third-order valence-electron chi connectivity index (χ3n) is 2.78. The van der Waals surface area contributed by atoms with Crippen LogP contribution in [0.1, 0.15) is 24.8 Å². The van der Waals surface area contributed by atoms with E-state index in [1.54, 1.807) is 6.07 Å². The van der Waals surface area contributed by atoms with E-state index in [4.69, 9.17) is 10.2 Å². The summed E-state index contributed by atoms with van der Waals surface area (Å²) in [5.74, 6) is 0.700. The van der Waals surface area contributed by atoms with Crippen LogP contribution in [0, 0.1) is 11.7 Å². The van der Waals surface area contributed by atoms with Crippen molar-refractivity contribution >= 4 is 11.1 Å². The van der Waals surface area contributed by atoms with Gasteiger partial charge in [0.15, 0.2) is 5.58 Å². The monoisotopic (exact) mass is 206 g/mol. The van der Waals surface area contributed by atoms with E-state index in [0.29, 0.717) is 22.9 Å². The fraction of sp³-hybridized carbons (Fsp3) is 0.364. The van der Waals surface area contributed by atoms with Gasteiger partial charge in [0.1, 0.15) is 11.3 Å². The van der Waals surface area contributed by atoms with E-state index in [1.165, 1.54) is 12.1 Å². The number of benzene rings is 1. The van der Waals surface area contributed by atoms with Crippen LogP contribution in [-0.2, 0) is 0 Å². The van der Waals surface area contributed by atoms with Crippen molar-refractivity contribution in [3.63, 3.8) is 0 Å². The summed E-state index contributed by atoms with van der Waals surface area (Å²) in [4.78, 5) is 4.26. The first-order valence-electron chi connectivity index (χ1n) is 5.05. The van der Waals surface area contributed by atoms with Crippen LogP contribution in [0.5, 0.6) is 0 Å². The predicted molar refractivity (Wildman–Crippen MR) is 53.6 cm³/mol. The van der Waals surface area contributed by atoms with Gasteiger partial charge >= 0.3 is 0 Å². The van der Waals surface area contributed by atoms with Gasteiger partial charge in [-0.1, -0.05) is 0 Å². The molecule has 0 aliphatic heterocycles. The number of hydrogen-bond donors (Lipinski definition) is 1. The van der Waals surface area contributed by atoms with Gasteiger partial charge in [-0.2, -0.15) is 0 Å². The first-order chi connectivity index (χ1) is 7.24. The van der Waals surface area contributed by atoms with Crippen molar-refractivity contribution in [1.29, 1.82) is 0 Å². The lowest BCUT2D eigenvalue weighted by Gasteiger charge is -2.02. The molecule has 15 heavy (non-hydrogen) atoms. The van der Waals surface area contributed by atoms with Crippen LogP contribution >= 0.6 is 0 Å². The van der Waals surface area contributed by atoms with Crippen LogP contribution in [0.15, 0.2) is 22.6 Å². The van der Waals surface area contributed by atoms with Gasteiger partial charge in [0.25, 0.3) is 0 Å². The van der Waals surface area contributed by atoms with Crippen LogP contribution in [0.25, 0.3) is 11.1 Å². The molecule has 0 saturated heterocycles. The molecule has 1 heterocycles. The van der Waals surface area contributed by atoms with E-state index in [0.717, 1.165) is 12.8 Å². The number of fused-ring (bicyclic) bond motifs is 1. The Morgan fingerprint density at radius 2 is 2.27 bits per heavy atom. The maximum atomic E-state index is 12.9. The summed E-state index contributed by atoms with van der Waals surface area (Å²) in [5, 5.41) is 0. The Labute approximate surface area is 86.1 Å². The first-order valence-corrected chi connectivity index (χ1v) is 5.05. The Bertz CT molecular complexity index is 504. The SMILES string of the molecule is NC(c1nc2ccc(F)cc2o1)C1CC1. The van der Waals surface area contributed by atoms with E-state index in [-0.39, 0.29) is 11.9 Å². The zero-order chi connectivity index (χ0) is 10.4. The highest BCUT2D eigenvalue weighted by Crippen LogP contribution is 2.39. The van der Waals surface area contributed by atoms with Crippen LogP contribution in [0.4, 0.5) is 4.39 Å².